The molecule has 3 rings (SSSR count). The fraction of sp³-hybridized carbons (Fsp3) is 0.300. The van der Waals surface area contributed by atoms with E-state index in [1.807, 2.05) is 18.2 Å². The predicted molar refractivity (Wildman–Crippen MR) is 98.2 cm³/mol. The molecule has 1 aliphatic rings. The normalized spacial score (nSPS) is 20.2. The van der Waals surface area contributed by atoms with Crippen LogP contribution in [0.25, 0.3) is 0 Å². The van der Waals surface area contributed by atoms with Gasteiger partial charge in [0.1, 0.15) is 0 Å². The minimum absolute atomic E-state index is 0.0812. The number of piperidine rings is 1. The van der Waals surface area contributed by atoms with Crippen LogP contribution in [0.3, 0.4) is 0 Å². The van der Waals surface area contributed by atoms with Crippen molar-refractivity contribution < 1.29 is 19.4 Å². The van der Waals surface area contributed by atoms with Gasteiger partial charge in [-0.25, -0.2) is 4.79 Å². The highest BCUT2D eigenvalue weighted by atomic mass is 35.5. The van der Waals surface area contributed by atoms with Gasteiger partial charge in [0, 0.05) is 18.5 Å². The Hall–Kier alpha value is -2.37. The summed E-state index contributed by atoms with van der Waals surface area (Å²) in [4.78, 5) is 25.0. The Morgan fingerprint density at radius 1 is 1.27 bits per heavy atom. The number of nitrogens with zero attached hydrogens (tertiary/aromatic N) is 1. The minimum atomic E-state index is -0.964. The van der Waals surface area contributed by atoms with Crippen molar-refractivity contribution in [1.82, 2.24) is 4.90 Å². The number of amides is 1. The zero-order valence-corrected chi connectivity index (χ0v) is 15.1. The number of carboxylic acid groups (broad SMARTS) is 1. The minimum Gasteiger partial charge on any atom is -0.478 e. The fourth-order valence-corrected chi connectivity index (χ4v) is 3.40. The lowest BCUT2D eigenvalue weighted by Gasteiger charge is -2.39. The van der Waals surface area contributed by atoms with E-state index in [0.717, 1.165) is 11.1 Å². The third-order valence-corrected chi connectivity index (χ3v) is 4.91. The standard InChI is InChI=1S/C20H20ClNO4/c1-22-18(23)10-9-17(19(22)14-5-7-16(21)8-6-14)26-12-13-3-2-4-15(11-13)20(24)25/h2-8,11,17,19H,9-10,12H2,1H3,(H,24,25)/t17-,19+/m0/s1. The smallest absolute Gasteiger partial charge is 0.335 e. The summed E-state index contributed by atoms with van der Waals surface area (Å²) in [5.41, 5.74) is 1.99. The Balaban J connectivity index is 1.78. The second kappa shape index (κ2) is 7.89. The highest BCUT2D eigenvalue weighted by molar-refractivity contribution is 6.30. The molecule has 2 aromatic carbocycles. The van der Waals surface area contributed by atoms with Gasteiger partial charge in [0.05, 0.1) is 24.3 Å². The van der Waals surface area contributed by atoms with Gasteiger partial charge in [-0.3, -0.25) is 4.79 Å². The maximum absolute atomic E-state index is 12.2. The quantitative estimate of drug-likeness (QED) is 0.862. The number of rotatable bonds is 5. The number of likely N-dealkylation sites (N-methyl/N-ethyl adjacent to an activating group) is 1. The first-order valence-corrected chi connectivity index (χ1v) is 8.78. The molecule has 1 saturated heterocycles. The Morgan fingerprint density at radius 3 is 2.69 bits per heavy atom. The van der Waals surface area contributed by atoms with Crippen LogP contribution in [-0.4, -0.2) is 35.0 Å². The predicted octanol–water partition coefficient (Wildman–Crippen LogP) is 3.92. The molecule has 0 spiro atoms. The molecule has 0 unspecified atom stereocenters. The molecular weight excluding hydrogens is 354 g/mol. The average Bonchev–Trinajstić information content (AvgIpc) is 2.64. The summed E-state index contributed by atoms with van der Waals surface area (Å²) in [6.07, 6.45) is 0.877. The number of carbonyl (C=O) groups excluding carboxylic acids is 1. The van der Waals surface area contributed by atoms with E-state index in [9.17, 15) is 9.59 Å². The van der Waals surface area contributed by atoms with Crippen LogP contribution in [0.15, 0.2) is 48.5 Å². The molecule has 1 N–H and O–H groups in total. The van der Waals surface area contributed by atoms with Crippen molar-refractivity contribution in [1.29, 1.82) is 0 Å². The molecule has 1 aliphatic heterocycles. The van der Waals surface area contributed by atoms with E-state index in [2.05, 4.69) is 0 Å². The zero-order chi connectivity index (χ0) is 18.7. The third kappa shape index (κ3) is 4.06. The van der Waals surface area contributed by atoms with Crippen molar-refractivity contribution in [2.24, 2.45) is 0 Å². The highest BCUT2D eigenvalue weighted by Crippen LogP contribution is 2.34. The van der Waals surface area contributed by atoms with Crippen molar-refractivity contribution in [3.05, 3.63) is 70.2 Å². The number of ether oxygens (including phenoxy) is 1. The molecule has 2 aromatic rings. The summed E-state index contributed by atoms with van der Waals surface area (Å²) in [6.45, 7) is 0.290. The molecule has 1 amide bonds. The lowest BCUT2D eigenvalue weighted by Crippen LogP contribution is -2.44. The fourth-order valence-electron chi connectivity index (χ4n) is 3.27. The second-order valence-corrected chi connectivity index (χ2v) is 6.83. The molecular formula is C20H20ClNO4. The number of carbonyl (C=O) groups is 2. The van der Waals surface area contributed by atoms with Crippen LogP contribution in [0.2, 0.25) is 5.02 Å². The Bertz CT molecular complexity index is 806. The van der Waals surface area contributed by atoms with Crippen molar-refractivity contribution >= 4 is 23.5 Å². The van der Waals surface area contributed by atoms with Crippen LogP contribution >= 0.6 is 11.6 Å². The first kappa shape index (κ1) is 18.4. The monoisotopic (exact) mass is 373 g/mol. The number of likely N-dealkylation sites (tertiary alicyclic amines) is 1. The van der Waals surface area contributed by atoms with Crippen molar-refractivity contribution in [3.63, 3.8) is 0 Å². The molecule has 0 aliphatic carbocycles. The second-order valence-electron chi connectivity index (χ2n) is 6.39. The summed E-state index contributed by atoms with van der Waals surface area (Å²) >= 11 is 5.97. The van der Waals surface area contributed by atoms with Crippen LogP contribution in [0.5, 0.6) is 0 Å². The summed E-state index contributed by atoms with van der Waals surface area (Å²) in [5, 5.41) is 9.75. The largest absolute Gasteiger partial charge is 0.478 e. The topological polar surface area (TPSA) is 66.8 Å². The van der Waals surface area contributed by atoms with Crippen LogP contribution in [0, 0.1) is 0 Å². The molecule has 0 saturated carbocycles. The van der Waals surface area contributed by atoms with E-state index in [0.29, 0.717) is 17.9 Å². The van der Waals surface area contributed by atoms with Gasteiger partial charge in [0.2, 0.25) is 5.91 Å². The summed E-state index contributed by atoms with van der Waals surface area (Å²) in [5.74, 6) is -0.883. The number of aromatic carboxylic acids is 1. The molecule has 5 nitrogen and oxygen atoms in total. The van der Waals surface area contributed by atoms with Crippen LogP contribution in [-0.2, 0) is 16.1 Å². The Morgan fingerprint density at radius 2 is 2.00 bits per heavy atom. The van der Waals surface area contributed by atoms with E-state index in [-0.39, 0.29) is 30.2 Å². The molecule has 0 aromatic heterocycles. The number of benzene rings is 2. The Labute approximate surface area is 157 Å². The van der Waals surface area contributed by atoms with Gasteiger partial charge >= 0.3 is 5.97 Å². The number of halogens is 1. The molecule has 2 atom stereocenters. The van der Waals surface area contributed by atoms with Gasteiger partial charge in [-0.2, -0.15) is 0 Å². The van der Waals surface area contributed by atoms with Crippen LogP contribution in [0.4, 0.5) is 0 Å². The van der Waals surface area contributed by atoms with Gasteiger partial charge in [-0.1, -0.05) is 35.9 Å². The summed E-state index contributed by atoms with van der Waals surface area (Å²) in [7, 11) is 1.78. The van der Waals surface area contributed by atoms with Crippen LogP contribution in [0.1, 0.15) is 40.4 Å². The first-order chi connectivity index (χ1) is 12.5. The van der Waals surface area contributed by atoms with Crippen molar-refractivity contribution in [2.45, 2.75) is 31.6 Å². The molecule has 1 fully saturated rings. The summed E-state index contributed by atoms with van der Waals surface area (Å²) < 4.78 is 6.10. The maximum Gasteiger partial charge on any atom is 0.335 e. The van der Waals surface area contributed by atoms with Crippen LogP contribution < -0.4 is 0 Å². The Kier molecular flexibility index (Phi) is 5.59. The van der Waals surface area contributed by atoms with Crippen molar-refractivity contribution in [2.75, 3.05) is 7.05 Å². The van der Waals surface area contributed by atoms with E-state index in [4.69, 9.17) is 21.4 Å². The van der Waals surface area contributed by atoms with Gasteiger partial charge in [0.15, 0.2) is 0 Å². The lowest BCUT2D eigenvalue weighted by molar-refractivity contribution is -0.143. The van der Waals surface area contributed by atoms with Gasteiger partial charge in [-0.15, -0.1) is 0 Å². The third-order valence-electron chi connectivity index (χ3n) is 4.66. The molecule has 136 valence electrons. The maximum atomic E-state index is 12.2. The molecule has 0 radical (unpaired) electrons. The van der Waals surface area contributed by atoms with E-state index in [1.165, 1.54) is 0 Å². The van der Waals surface area contributed by atoms with Gasteiger partial charge in [-0.05, 0) is 41.8 Å². The summed E-state index contributed by atoms with van der Waals surface area (Å²) in [6, 6.07) is 13.9. The van der Waals surface area contributed by atoms with Crippen molar-refractivity contribution in [3.8, 4) is 0 Å². The lowest BCUT2D eigenvalue weighted by atomic mass is 9.92. The molecule has 26 heavy (non-hydrogen) atoms. The van der Waals surface area contributed by atoms with Gasteiger partial charge in [0.25, 0.3) is 0 Å². The number of hydrogen-bond acceptors (Lipinski definition) is 3. The number of carboxylic acids is 1. The first-order valence-electron chi connectivity index (χ1n) is 8.40. The average molecular weight is 374 g/mol. The van der Waals surface area contributed by atoms with E-state index >= 15 is 0 Å². The highest BCUT2D eigenvalue weighted by Gasteiger charge is 2.35. The SMILES string of the molecule is CN1C(=O)CC[C@H](OCc2cccc(C(=O)O)c2)[C@H]1c1ccc(Cl)cc1. The molecule has 6 heteroatoms. The van der Waals surface area contributed by atoms with E-state index < -0.39 is 5.97 Å². The number of hydrogen-bond donors (Lipinski definition) is 1. The van der Waals surface area contributed by atoms with Gasteiger partial charge < -0.3 is 14.7 Å². The molecule has 1 heterocycles. The van der Waals surface area contributed by atoms with E-state index in [1.54, 1.807) is 42.3 Å². The molecule has 0 bridgehead atoms. The zero-order valence-electron chi connectivity index (χ0n) is 14.4.